The predicted molar refractivity (Wildman–Crippen MR) is 84.4 cm³/mol. The van der Waals surface area contributed by atoms with Gasteiger partial charge in [-0.05, 0) is 36.2 Å². The summed E-state index contributed by atoms with van der Waals surface area (Å²) in [6, 6.07) is 15.6. The van der Waals surface area contributed by atoms with E-state index in [2.05, 4.69) is 24.4 Å². The van der Waals surface area contributed by atoms with Crippen molar-refractivity contribution in [2.75, 3.05) is 20.2 Å². The van der Waals surface area contributed by atoms with Crippen molar-refractivity contribution >= 4 is 0 Å². The van der Waals surface area contributed by atoms with Crippen molar-refractivity contribution in [3.8, 4) is 5.75 Å². The SMILES string of the molecule is CCNCC(Cc1ccc(OC)c(F)c1)c1ccccc1. The van der Waals surface area contributed by atoms with Gasteiger partial charge in [0.1, 0.15) is 0 Å². The predicted octanol–water partition coefficient (Wildman–Crippen LogP) is 3.77. The van der Waals surface area contributed by atoms with Gasteiger partial charge in [0.15, 0.2) is 11.6 Å². The van der Waals surface area contributed by atoms with E-state index in [1.807, 2.05) is 24.3 Å². The van der Waals surface area contributed by atoms with Crippen LogP contribution in [-0.4, -0.2) is 20.2 Å². The minimum atomic E-state index is -0.301. The zero-order chi connectivity index (χ0) is 15.1. The zero-order valence-electron chi connectivity index (χ0n) is 12.6. The van der Waals surface area contributed by atoms with Crippen LogP contribution in [-0.2, 0) is 6.42 Å². The summed E-state index contributed by atoms with van der Waals surface area (Å²) in [5.41, 5.74) is 2.26. The summed E-state index contributed by atoms with van der Waals surface area (Å²) >= 11 is 0. The lowest BCUT2D eigenvalue weighted by Gasteiger charge is -2.18. The molecule has 0 spiro atoms. The normalized spacial score (nSPS) is 12.1. The first-order chi connectivity index (χ1) is 10.2. The number of rotatable bonds is 7. The monoisotopic (exact) mass is 287 g/mol. The lowest BCUT2D eigenvalue weighted by atomic mass is 9.92. The lowest BCUT2D eigenvalue weighted by Crippen LogP contribution is -2.22. The molecule has 2 aromatic rings. The van der Waals surface area contributed by atoms with Crippen LogP contribution < -0.4 is 10.1 Å². The first-order valence-corrected chi connectivity index (χ1v) is 7.32. The van der Waals surface area contributed by atoms with Gasteiger partial charge < -0.3 is 10.1 Å². The fourth-order valence-corrected chi connectivity index (χ4v) is 2.47. The minimum absolute atomic E-state index is 0.293. The zero-order valence-corrected chi connectivity index (χ0v) is 12.6. The number of methoxy groups -OCH3 is 1. The summed E-state index contributed by atoms with van der Waals surface area (Å²) in [5.74, 6) is 0.325. The van der Waals surface area contributed by atoms with Crippen molar-refractivity contribution in [3.63, 3.8) is 0 Å². The molecule has 21 heavy (non-hydrogen) atoms. The van der Waals surface area contributed by atoms with E-state index in [4.69, 9.17) is 4.74 Å². The second-order valence-electron chi connectivity index (χ2n) is 5.09. The molecule has 0 heterocycles. The molecule has 0 aromatic heterocycles. The molecule has 0 saturated carbocycles. The van der Waals surface area contributed by atoms with E-state index in [0.29, 0.717) is 11.7 Å². The molecule has 0 bridgehead atoms. The number of nitrogens with one attached hydrogen (secondary N) is 1. The fourth-order valence-electron chi connectivity index (χ4n) is 2.47. The largest absolute Gasteiger partial charge is 0.494 e. The van der Waals surface area contributed by atoms with Crippen LogP contribution >= 0.6 is 0 Å². The highest BCUT2D eigenvalue weighted by Gasteiger charge is 2.13. The maximum absolute atomic E-state index is 13.8. The summed E-state index contributed by atoms with van der Waals surface area (Å²) in [6.07, 6.45) is 0.803. The Morgan fingerprint density at radius 2 is 1.90 bits per heavy atom. The summed E-state index contributed by atoms with van der Waals surface area (Å²) in [6.45, 7) is 3.91. The topological polar surface area (TPSA) is 21.3 Å². The van der Waals surface area contributed by atoms with Crippen molar-refractivity contribution in [2.24, 2.45) is 0 Å². The number of hydrogen-bond donors (Lipinski definition) is 1. The highest BCUT2D eigenvalue weighted by atomic mass is 19.1. The molecule has 2 aromatic carbocycles. The molecule has 2 rings (SSSR count). The molecule has 112 valence electrons. The van der Waals surface area contributed by atoms with Gasteiger partial charge in [-0.2, -0.15) is 0 Å². The van der Waals surface area contributed by atoms with Gasteiger partial charge in [0, 0.05) is 12.5 Å². The Labute approximate surface area is 126 Å². The molecule has 3 heteroatoms. The molecule has 0 fully saturated rings. The third kappa shape index (κ3) is 4.30. The standard InChI is InChI=1S/C18H22FNO/c1-3-20-13-16(15-7-5-4-6-8-15)11-14-9-10-18(21-2)17(19)12-14/h4-10,12,16,20H,3,11,13H2,1-2H3. The van der Waals surface area contributed by atoms with Crippen molar-refractivity contribution in [3.05, 3.63) is 65.5 Å². The van der Waals surface area contributed by atoms with Gasteiger partial charge in [-0.1, -0.05) is 43.3 Å². The summed E-state index contributed by atoms with van der Waals surface area (Å²) < 4.78 is 18.8. The highest BCUT2D eigenvalue weighted by Crippen LogP contribution is 2.24. The molecular weight excluding hydrogens is 265 g/mol. The summed E-state index contributed by atoms with van der Waals surface area (Å²) in [7, 11) is 1.48. The number of likely N-dealkylation sites (N-methyl/N-ethyl adjacent to an activating group) is 1. The van der Waals surface area contributed by atoms with E-state index in [-0.39, 0.29) is 5.82 Å². The molecule has 0 aliphatic carbocycles. The Bertz CT molecular complexity index is 556. The Balaban J connectivity index is 2.16. The van der Waals surface area contributed by atoms with Crippen LogP contribution in [0.5, 0.6) is 5.75 Å². The van der Waals surface area contributed by atoms with Crippen molar-refractivity contribution in [2.45, 2.75) is 19.3 Å². The van der Waals surface area contributed by atoms with Crippen LogP contribution in [0.4, 0.5) is 4.39 Å². The average Bonchev–Trinajstić information content (AvgIpc) is 2.52. The van der Waals surface area contributed by atoms with Crippen LogP contribution in [0.1, 0.15) is 24.0 Å². The van der Waals surface area contributed by atoms with E-state index in [9.17, 15) is 4.39 Å². The van der Waals surface area contributed by atoms with Crippen LogP contribution in [0.3, 0.4) is 0 Å². The van der Waals surface area contributed by atoms with Gasteiger partial charge in [0.05, 0.1) is 7.11 Å². The lowest BCUT2D eigenvalue weighted by molar-refractivity contribution is 0.386. The molecule has 1 atom stereocenters. The Hall–Kier alpha value is -1.87. The van der Waals surface area contributed by atoms with Gasteiger partial charge in [0.25, 0.3) is 0 Å². The second-order valence-corrected chi connectivity index (χ2v) is 5.09. The molecule has 0 saturated heterocycles. The maximum Gasteiger partial charge on any atom is 0.165 e. The third-order valence-corrected chi connectivity index (χ3v) is 3.61. The number of benzene rings is 2. The highest BCUT2D eigenvalue weighted by molar-refractivity contribution is 5.31. The van der Waals surface area contributed by atoms with Crippen LogP contribution in [0.2, 0.25) is 0 Å². The molecule has 0 aliphatic rings. The van der Waals surface area contributed by atoms with Crippen molar-refractivity contribution in [1.29, 1.82) is 0 Å². The van der Waals surface area contributed by atoms with Gasteiger partial charge in [-0.3, -0.25) is 0 Å². The smallest absolute Gasteiger partial charge is 0.165 e. The first kappa shape index (κ1) is 15.5. The van der Waals surface area contributed by atoms with E-state index in [1.54, 1.807) is 12.1 Å². The Morgan fingerprint density at radius 1 is 1.14 bits per heavy atom. The molecule has 1 N–H and O–H groups in total. The van der Waals surface area contributed by atoms with E-state index in [1.165, 1.54) is 12.7 Å². The van der Waals surface area contributed by atoms with Crippen LogP contribution in [0, 0.1) is 5.82 Å². The Morgan fingerprint density at radius 3 is 2.52 bits per heavy atom. The van der Waals surface area contributed by atoms with Gasteiger partial charge >= 0.3 is 0 Å². The Kier molecular flexibility index (Phi) is 5.76. The fraction of sp³-hybridized carbons (Fsp3) is 0.333. The molecule has 1 unspecified atom stereocenters. The van der Waals surface area contributed by atoms with Gasteiger partial charge in [-0.15, -0.1) is 0 Å². The van der Waals surface area contributed by atoms with Gasteiger partial charge in [-0.25, -0.2) is 4.39 Å². The molecule has 0 aliphatic heterocycles. The van der Waals surface area contributed by atoms with E-state index in [0.717, 1.165) is 25.1 Å². The quantitative estimate of drug-likeness (QED) is 0.837. The van der Waals surface area contributed by atoms with Gasteiger partial charge in [0.2, 0.25) is 0 Å². The molecular formula is C18H22FNO. The molecule has 0 amide bonds. The number of halogens is 1. The second kappa shape index (κ2) is 7.79. The summed E-state index contributed by atoms with van der Waals surface area (Å²) in [4.78, 5) is 0. The first-order valence-electron chi connectivity index (χ1n) is 7.32. The van der Waals surface area contributed by atoms with Crippen LogP contribution in [0.15, 0.2) is 48.5 Å². The molecule has 2 nitrogen and oxygen atoms in total. The van der Waals surface area contributed by atoms with Crippen LogP contribution in [0.25, 0.3) is 0 Å². The number of ether oxygens (including phenoxy) is 1. The summed E-state index contributed by atoms with van der Waals surface area (Å²) in [5, 5.41) is 3.39. The van der Waals surface area contributed by atoms with E-state index < -0.39 is 0 Å². The van der Waals surface area contributed by atoms with Crippen molar-refractivity contribution in [1.82, 2.24) is 5.32 Å². The minimum Gasteiger partial charge on any atom is -0.494 e. The average molecular weight is 287 g/mol. The number of hydrogen-bond acceptors (Lipinski definition) is 2. The molecule has 0 radical (unpaired) electrons. The van der Waals surface area contributed by atoms with E-state index >= 15 is 0 Å². The third-order valence-electron chi connectivity index (χ3n) is 3.61. The maximum atomic E-state index is 13.8. The van der Waals surface area contributed by atoms with Crippen molar-refractivity contribution < 1.29 is 9.13 Å².